The average molecular weight is 432 g/mol. The second-order valence-corrected chi connectivity index (χ2v) is 8.16. The number of nitrogens with one attached hydrogen (secondary N) is 1. The Balaban J connectivity index is 1.35. The van der Waals surface area contributed by atoms with Crippen molar-refractivity contribution in [1.29, 1.82) is 0 Å². The van der Waals surface area contributed by atoms with Gasteiger partial charge < -0.3 is 19.9 Å². The van der Waals surface area contributed by atoms with Crippen LogP contribution in [0.4, 0.5) is 9.18 Å². The van der Waals surface area contributed by atoms with Gasteiger partial charge in [0.15, 0.2) is 0 Å². The van der Waals surface area contributed by atoms with E-state index in [1.54, 1.807) is 9.80 Å². The SMILES string of the molecule is CC1(c2ccc(F)cc2)NC(=O)N(CC(=O)N2CCN(C(=O)C3CCCO3)CC2)C1=O. The number of hydrogen-bond donors (Lipinski definition) is 1. The lowest BCUT2D eigenvalue weighted by molar-refractivity contribution is -0.146. The maximum absolute atomic E-state index is 13.2. The van der Waals surface area contributed by atoms with Gasteiger partial charge in [0.05, 0.1) is 0 Å². The molecule has 2 unspecified atom stereocenters. The Hall–Kier alpha value is -3.01. The van der Waals surface area contributed by atoms with Gasteiger partial charge in [-0.05, 0) is 37.5 Å². The highest BCUT2D eigenvalue weighted by molar-refractivity contribution is 6.09. The Morgan fingerprint density at radius 1 is 1.13 bits per heavy atom. The number of halogens is 1. The maximum atomic E-state index is 13.2. The second-order valence-electron chi connectivity index (χ2n) is 8.16. The number of urea groups is 1. The van der Waals surface area contributed by atoms with E-state index < -0.39 is 29.4 Å². The van der Waals surface area contributed by atoms with Crippen LogP contribution in [0.15, 0.2) is 24.3 Å². The molecular formula is C21H25FN4O5. The number of piperazine rings is 1. The summed E-state index contributed by atoms with van der Waals surface area (Å²) < 4.78 is 18.7. The lowest BCUT2D eigenvalue weighted by Gasteiger charge is -2.36. The van der Waals surface area contributed by atoms with E-state index in [2.05, 4.69) is 5.32 Å². The molecule has 1 aromatic carbocycles. The first-order valence-electron chi connectivity index (χ1n) is 10.4. The quantitative estimate of drug-likeness (QED) is 0.697. The summed E-state index contributed by atoms with van der Waals surface area (Å²) in [7, 11) is 0. The summed E-state index contributed by atoms with van der Waals surface area (Å²) in [5, 5.41) is 2.60. The maximum Gasteiger partial charge on any atom is 0.325 e. The van der Waals surface area contributed by atoms with E-state index in [4.69, 9.17) is 4.74 Å². The van der Waals surface area contributed by atoms with Crippen LogP contribution in [-0.4, -0.2) is 83.9 Å². The van der Waals surface area contributed by atoms with Gasteiger partial charge in [0, 0.05) is 32.8 Å². The first-order valence-corrected chi connectivity index (χ1v) is 10.4. The molecule has 31 heavy (non-hydrogen) atoms. The minimum absolute atomic E-state index is 0.0474. The largest absolute Gasteiger partial charge is 0.368 e. The smallest absolute Gasteiger partial charge is 0.325 e. The van der Waals surface area contributed by atoms with Crippen molar-refractivity contribution in [2.24, 2.45) is 0 Å². The molecule has 4 rings (SSSR count). The molecule has 3 fully saturated rings. The van der Waals surface area contributed by atoms with E-state index >= 15 is 0 Å². The number of carbonyl (C=O) groups is 4. The van der Waals surface area contributed by atoms with E-state index in [1.807, 2.05) is 0 Å². The number of benzene rings is 1. The number of rotatable bonds is 4. The third-order valence-electron chi connectivity index (χ3n) is 6.14. The fraction of sp³-hybridized carbons (Fsp3) is 0.524. The Morgan fingerprint density at radius 2 is 1.77 bits per heavy atom. The molecule has 0 spiro atoms. The molecular weight excluding hydrogens is 407 g/mol. The van der Waals surface area contributed by atoms with Crippen molar-refractivity contribution in [3.63, 3.8) is 0 Å². The normalized spacial score (nSPS) is 26.4. The molecule has 3 aliphatic heterocycles. The third kappa shape index (κ3) is 3.99. The van der Waals surface area contributed by atoms with Gasteiger partial charge in [-0.25, -0.2) is 9.18 Å². The van der Waals surface area contributed by atoms with Gasteiger partial charge in [-0.1, -0.05) is 12.1 Å². The van der Waals surface area contributed by atoms with Crippen LogP contribution in [0.5, 0.6) is 0 Å². The summed E-state index contributed by atoms with van der Waals surface area (Å²) in [6.45, 7) is 3.17. The van der Waals surface area contributed by atoms with E-state index in [0.717, 1.165) is 17.7 Å². The number of imide groups is 1. The molecule has 0 aromatic heterocycles. The topological polar surface area (TPSA) is 99.3 Å². The van der Waals surface area contributed by atoms with Crippen LogP contribution in [0.25, 0.3) is 0 Å². The fourth-order valence-electron chi connectivity index (χ4n) is 4.21. The minimum atomic E-state index is -1.36. The zero-order chi connectivity index (χ0) is 22.2. The highest BCUT2D eigenvalue weighted by Crippen LogP contribution is 2.29. The molecule has 5 amide bonds. The van der Waals surface area contributed by atoms with E-state index in [1.165, 1.54) is 31.2 Å². The summed E-state index contributed by atoms with van der Waals surface area (Å²) in [5.41, 5.74) is -0.930. The summed E-state index contributed by atoms with van der Waals surface area (Å²) in [6.07, 6.45) is 1.20. The van der Waals surface area contributed by atoms with E-state index in [0.29, 0.717) is 38.3 Å². The minimum Gasteiger partial charge on any atom is -0.368 e. The molecule has 0 radical (unpaired) electrons. The Bertz CT molecular complexity index is 894. The van der Waals surface area contributed by atoms with Crippen molar-refractivity contribution < 1.29 is 28.3 Å². The first kappa shape index (κ1) is 21.2. The molecule has 0 aliphatic carbocycles. The molecule has 1 aromatic rings. The summed E-state index contributed by atoms with van der Waals surface area (Å²) in [5.74, 6) is -1.43. The predicted molar refractivity (Wildman–Crippen MR) is 106 cm³/mol. The molecule has 166 valence electrons. The van der Waals surface area contributed by atoms with Crippen LogP contribution < -0.4 is 5.32 Å². The molecule has 1 N–H and O–H groups in total. The molecule has 0 saturated carbocycles. The van der Waals surface area contributed by atoms with Crippen LogP contribution in [-0.2, 0) is 24.7 Å². The first-order chi connectivity index (χ1) is 14.8. The van der Waals surface area contributed by atoms with Crippen molar-refractivity contribution in [3.05, 3.63) is 35.6 Å². The number of amides is 5. The zero-order valence-electron chi connectivity index (χ0n) is 17.3. The Labute approximate surface area is 179 Å². The van der Waals surface area contributed by atoms with E-state index in [-0.39, 0.29) is 18.4 Å². The van der Waals surface area contributed by atoms with Gasteiger partial charge >= 0.3 is 6.03 Å². The molecule has 3 aliphatic rings. The van der Waals surface area contributed by atoms with Gasteiger partial charge in [0.25, 0.3) is 11.8 Å². The van der Waals surface area contributed by atoms with Gasteiger partial charge in [-0.15, -0.1) is 0 Å². The van der Waals surface area contributed by atoms with Gasteiger partial charge in [0.1, 0.15) is 24.0 Å². The van der Waals surface area contributed by atoms with Crippen molar-refractivity contribution in [2.45, 2.75) is 31.4 Å². The van der Waals surface area contributed by atoms with Crippen LogP contribution in [0, 0.1) is 5.82 Å². The second kappa shape index (κ2) is 8.26. The van der Waals surface area contributed by atoms with Gasteiger partial charge in [-0.3, -0.25) is 19.3 Å². The molecule has 3 saturated heterocycles. The lowest BCUT2D eigenvalue weighted by Crippen LogP contribution is -2.54. The molecule has 3 heterocycles. The lowest BCUT2D eigenvalue weighted by atomic mass is 9.92. The summed E-state index contributed by atoms with van der Waals surface area (Å²) >= 11 is 0. The van der Waals surface area contributed by atoms with E-state index in [9.17, 15) is 23.6 Å². The van der Waals surface area contributed by atoms with Crippen molar-refractivity contribution in [1.82, 2.24) is 20.0 Å². The van der Waals surface area contributed by atoms with Gasteiger partial charge in [0.2, 0.25) is 5.91 Å². The highest BCUT2D eigenvalue weighted by atomic mass is 19.1. The summed E-state index contributed by atoms with van der Waals surface area (Å²) in [4.78, 5) is 54.7. The molecule has 2 atom stereocenters. The average Bonchev–Trinajstić information content (AvgIpc) is 3.38. The number of nitrogens with zero attached hydrogens (tertiary/aromatic N) is 3. The van der Waals surface area contributed by atoms with Crippen LogP contribution >= 0.6 is 0 Å². The van der Waals surface area contributed by atoms with Gasteiger partial charge in [-0.2, -0.15) is 0 Å². The van der Waals surface area contributed by atoms with Crippen molar-refractivity contribution in [2.75, 3.05) is 39.3 Å². The highest BCUT2D eigenvalue weighted by Gasteiger charge is 2.49. The van der Waals surface area contributed by atoms with Crippen molar-refractivity contribution >= 4 is 23.8 Å². The zero-order valence-corrected chi connectivity index (χ0v) is 17.3. The standard InChI is InChI=1S/C21H25FN4O5/c1-21(14-4-6-15(22)7-5-14)19(29)26(20(30)23-21)13-17(27)24-8-10-25(11-9-24)18(28)16-3-2-12-31-16/h4-7,16H,2-3,8-13H2,1H3,(H,23,30). The monoisotopic (exact) mass is 432 g/mol. The molecule has 9 nitrogen and oxygen atoms in total. The number of hydrogen-bond acceptors (Lipinski definition) is 5. The fourth-order valence-corrected chi connectivity index (χ4v) is 4.21. The van der Waals surface area contributed by atoms with Crippen molar-refractivity contribution in [3.8, 4) is 0 Å². The van der Waals surface area contributed by atoms with Crippen LogP contribution in [0.2, 0.25) is 0 Å². The predicted octanol–water partition coefficient (Wildman–Crippen LogP) is 0.443. The molecule has 0 bridgehead atoms. The van der Waals surface area contributed by atoms with Crippen LogP contribution in [0.3, 0.4) is 0 Å². The number of ether oxygens (including phenoxy) is 1. The van der Waals surface area contributed by atoms with Crippen LogP contribution in [0.1, 0.15) is 25.3 Å². The third-order valence-corrected chi connectivity index (χ3v) is 6.14. The Morgan fingerprint density at radius 3 is 2.39 bits per heavy atom. The molecule has 10 heteroatoms. The number of carbonyl (C=O) groups excluding carboxylic acids is 4. The Kier molecular flexibility index (Phi) is 5.65. The summed E-state index contributed by atoms with van der Waals surface area (Å²) in [6, 6.07) is 4.63.